The molecule has 2 nitrogen and oxygen atoms in total. The molecular formula is C7H8O2. The number of hydrogen-bond acceptors (Lipinski definition) is 2. The van der Waals surface area contributed by atoms with Crippen LogP contribution in [0.5, 0.6) is 0 Å². The van der Waals surface area contributed by atoms with Gasteiger partial charge in [-0.2, -0.15) is 0 Å². The summed E-state index contributed by atoms with van der Waals surface area (Å²) in [5.74, 6) is 2.27. The lowest BCUT2D eigenvalue weighted by Crippen LogP contribution is -2.06. The molecule has 0 aliphatic carbocycles. The van der Waals surface area contributed by atoms with Crippen molar-refractivity contribution in [2.45, 2.75) is 6.92 Å². The van der Waals surface area contributed by atoms with E-state index in [2.05, 4.69) is 0 Å². The molecule has 9 heavy (non-hydrogen) atoms. The number of hydrogen-bond donors (Lipinski definition) is 0. The molecule has 0 N–H and O–H groups in total. The summed E-state index contributed by atoms with van der Waals surface area (Å²) in [4.78, 5) is 10.0. The van der Waals surface area contributed by atoms with Crippen LogP contribution in [-0.2, 0) is 9.53 Å². The molecule has 0 aromatic rings. The van der Waals surface area contributed by atoms with Crippen LogP contribution >= 0.6 is 0 Å². The standard InChI is InChI=1S/C7H8O2/c1-6-3-2-4-9-7(6)5-8/h2-3,6H,4H2,1H3. The highest BCUT2D eigenvalue weighted by Crippen LogP contribution is 2.14. The zero-order chi connectivity index (χ0) is 6.69. The van der Waals surface area contributed by atoms with Crippen LogP contribution in [0.15, 0.2) is 17.9 Å². The predicted molar refractivity (Wildman–Crippen MR) is 33.5 cm³/mol. The minimum absolute atomic E-state index is 0.108. The zero-order valence-corrected chi connectivity index (χ0v) is 5.26. The van der Waals surface area contributed by atoms with Gasteiger partial charge in [-0.1, -0.05) is 19.1 Å². The van der Waals surface area contributed by atoms with Gasteiger partial charge in [0.15, 0.2) is 11.7 Å². The first-order valence-electron chi connectivity index (χ1n) is 2.89. The second-order valence-corrected chi connectivity index (χ2v) is 1.99. The average Bonchev–Trinajstić information content (AvgIpc) is 1.89. The molecule has 0 bridgehead atoms. The van der Waals surface area contributed by atoms with E-state index < -0.39 is 0 Å². The number of rotatable bonds is 0. The summed E-state index contributed by atoms with van der Waals surface area (Å²) < 4.78 is 4.95. The monoisotopic (exact) mass is 124 g/mol. The van der Waals surface area contributed by atoms with Gasteiger partial charge in [0.25, 0.3) is 0 Å². The van der Waals surface area contributed by atoms with Crippen LogP contribution < -0.4 is 0 Å². The molecule has 0 aromatic heterocycles. The van der Waals surface area contributed by atoms with Crippen LogP contribution in [0.25, 0.3) is 0 Å². The third-order valence-electron chi connectivity index (χ3n) is 1.27. The highest BCUT2D eigenvalue weighted by atomic mass is 16.5. The van der Waals surface area contributed by atoms with Crippen molar-refractivity contribution in [1.29, 1.82) is 0 Å². The van der Waals surface area contributed by atoms with Gasteiger partial charge >= 0.3 is 0 Å². The summed E-state index contributed by atoms with van der Waals surface area (Å²) in [6.07, 6.45) is 3.83. The van der Waals surface area contributed by atoms with Gasteiger partial charge in [0.05, 0.1) is 0 Å². The molecular weight excluding hydrogens is 116 g/mol. The summed E-state index contributed by atoms with van der Waals surface area (Å²) in [5.41, 5.74) is 0. The van der Waals surface area contributed by atoms with Gasteiger partial charge in [0.2, 0.25) is 0 Å². The largest absolute Gasteiger partial charge is 0.482 e. The molecule has 0 radical (unpaired) electrons. The highest BCUT2D eigenvalue weighted by molar-refractivity contribution is 5.51. The summed E-state index contributed by atoms with van der Waals surface area (Å²) >= 11 is 0. The molecule has 48 valence electrons. The average molecular weight is 124 g/mol. The highest BCUT2D eigenvalue weighted by Gasteiger charge is 2.10. The maximum Gasteiger partial charge on any atom is 0.186 e. The predicted octanol–water partition coefficient (Wildman–Crippen LogP) is 0.924. The first kappa shape index (κ1) is 6.12. The SMILES string of the molecule is CC1C=CCOC1=C=O. The molecule has 0 amide bonds. The van der Waals surface area contributed by atoms with E-state index in [0.717, 1.165) is 0 Å². The van der Waals surface area contributed by atoms with Gasteiger partial charge in [-0.3, -0.25) is 0 Å². The van der Waals surface area contributed by atoms with Gasteiger partial charge in [-0.25, -0.2) is 4.79 Å². The summed E-state index contributed by atoms with van der Waals surface area (Å²) in [6.45, 7) is 2.41. The molecule has 1 aliphatic heterocycles. The van der Waals surface area contributed by atoms with Crippen LogP contribution in [0.4, 0.5) is 0 Å². The normalized spacial score (nSPS) is 25.0. The minimum atomic E-state index is 0.108. The number of allylic oxidation sites excluding steroid dienone is 1. The second-order valence-electron chi connectivity index (χ2n) is 1.99. The van der Waals surface area contributed by atoms with E-state index in [0.29, 0.717) is 12.4 Å². The van der Waals surface area contributed by atoms with Gasteiger partial charge in [-0.05, 0) is 0 Å². The topological polar surface area (TPSA) is 26.3 Å². The van der Waals surface area contributed by atoms with Crippen molar-refractivity contribution in [2.75, 3.05) is 6.61 Å². The van der Waals surface area contributed by atoms with Crippen molar-refractivity contribution in [3.05, 3.63) is 17.9 Å². The van der Waals surface area contributed by atoms with Gasteiger partial charge < -0.3 is 4.74 Å². The summed E-state index contributed by atoms with van der Waals surface area (Å²) in [5, 5.41) is 0. The fourth-order valence-electron chi connectivity index (χ4n) is 0.739. The van der Waals surface area contributed by atoms with Crippen molar-refractivity contribution in [1.82, 2.24) is 0 Å². The lowest BCUT2D eigenvalue weighted by molar-refractivity contribution is 0.215. The van der Waals surface area contributed by atoms with Gasteiger partial charge in [0, 0.05) is 5.92 Å². The first-order chi connectivity index (χ1) is 4.34. The number of carbonyl (C=O) groups excluding carboxylic acids is 1. The Morgan fingerprint density at radius 1 is 1.89 bits per heavy atom. The van der Waals surface area contributed by atoms with Crippen LogP contribution in [0, 0.1) is 5.92 Å². The Kier molecular flexibility index (Phi) is 1.71. The Bertz CT molecular complexity index is 175. The van der Waals surface area contributed by atoms with Crippen molar-refractivity contribution in [3.8, 4) is 0 Å². The Balaban J connectivity index is 2.78. The lowest BCUT2D eigenvalue weighted by atomic mass is 10.1. The van der Waals surface area contributed by atoms with Gasteiger partial charge in [-0.15, -0.1) is 0 Å². The molecule has 0 spiro atoms. The quantitative estimate of drug-likeness (QED) is 0.354. The van der Waals surface area contributed by atoms with E-state index in [4.69, 9.17) is 4.74 Å². The molecule has 1 heterocycles. The van der Waals surface area contributed by atoms with Crippen molar-refractivity contribution in [3.63, 3.8) is 0 Å². The van der Waals surface area contributed by atoms with E-state index >= 15 is 0 Å². The fourth-order valence-corrected chi connectivity index (χ4v) is 0.739. The molecule has 0 fully saturated rings. The van der Waals surface area contributed by atoms with Crippen LogP contribution in [0.3, 0.4) is 0 Å². The lowest BCUT2D eigenvalue weighted by Gasteiger charge is -2.12. The van der Waals surface area contributed by atoms with Crippen molar-refractivity contribution >= 4 is 5.94 Å². The molecule has 1 unspecified atom stereocenters. The van der Waals surface area contributed by atoms with Crippen molar-refractivity contribution < 1.29 is 9.53 Å². The van der Waals surface area contributed by atoms with E-state index in [1.807, 2.05) is 19.1 Å². The third kappa shape index (κ3) is 1.21. The molecule has 1 rings (SSSR count). The van der Waals surface area contributed by atoms with E-state index in [1.54, 1.807) is 5.94 Å². The zero-order valence-electron chi connectivity index (χ0n) is 5.26. The third-order valence-corrected chi connectivity index (χ3v) is 1.27. The Morgan fingerprint density at radius 3 is 3.11 bits per heavy atom. The Hall–Kier alpha value is -1.01. The fraction of sp³-hybridized carbons (Fsp3) is 0.429. The minimum Gasteiger partial charge on any atom is -0.482 e. The maximum atomic E-state index is 10.0. The maximum absolute atomic E-state index is 10.0. The van der Waals surface area contributed by atoms with E-state index in [-0.39, 0.29) is 5.92 Å². The molecule has 1 atom stereocenters. The first-order valence-corrected chi connectivity index (χ1v) is 2.89. The Morgan fingerprint density at radius 2 is 2.67 bits per heavy atom. The van der Waals surface area contributed by atoms with Gasteiger partial charge in [0.1, 0.15) is 6.61 Å². The molecule has 0 aromatic carbocycles. The molecule has 0 saturated heterocycles. The van der Waals surface area contributed by atoms with Crippen LogP contribution in [-0.4, -0.2) is 12.5 Å². The second kappa shape index (κ2) is 2.51. The summed E-state index contributed by atoms with van der Waals surface area (Å²) in [6, 6.07) is 0. The van der Waals surface area contributed by atoms with Crippen LogP contribution in [0.2, 0.25) is 0 Å². The molecule has 2 heteroatoms. The summed E-state index contributed by atoms with van der Waals surface area (Å²) in [7, 11) is 0. The van der Waals surface area contributed by atoms with Crippen molar-refractivity contribution in [2.24, 2.45) is 5.92 Å². The number of ether oxygens (including phenoxy) is 1. The smallest absolute Gasteiger partial charge is 0.186 e. The van der Waals surface area contributed by atoms with E-state index in [9.17, 15) is 4.79 Å². The molecule has 1 aliphatic rings. The van der Waals surface area contributed by atoms with E-state index in [1.165, 1.54) is 0 Å². The Labute approximate surface area is 53.8 Å². The van der Waals surface area contributed by atoms with Crippen LogP contribution in [0.1, 0.15) is 6.92 Å². The molecule has 0 saturated carbocycles.